The van der Waals surface area contributed by atoms with Crippen LogP contribution in [0.1, 0.15) is 34.3 Å². The van der Waals surface area contributed by atoms with Crippen molar-refractivity contribution in [2.24, 2.45) is 5.92 Å². The van der Waals surface area contributed by atoms with Gasteiger partial charge in [0.15, 0.2) is 5.82 Å². The Morgan fingerprint density at radius 3 is 2.78 bits per heavy atom. The van der Waals surface area contributed by atoms with E-state index < -0.39 is 19.8 Å². The monoisotopic (exact) mass is 450 g/mol. The van der Waals surface area contributed by atoms with Crippen molar-refractivity contribution in [2.75, 3.05) is 11.9 Å². The highest BCUT2D eigenvalue weighted by Crippen LogP contribution is 2.32. The number of fused-ring (bicyclic) bond motifs is 1. The Kier molecular flexibility index (Phi) is 6.04. The Hall–Kier alpha value is -3.15. The zero-order valence-corrected chi connectivity index (χ0v) is 19.7. The Labute approximate surface area is 187 Å². The molecule has 3 N–H and O–H groups in total. The van der Waals surface area contributed by atoms with Crippen molar-refractivity contribution in [3.63, 3.8) is 0 Å². The molecule has 0 aliphatic heterocycles. The van der Waals surface area contributed by atoms with Crippen LogP contribution in [-0.4, -0.2) is 30.6 Å². The number of imidazole rings is 1. The molecular formula is C24H27FN4O2Si. The van der Waals surface area contributed by atoms with Gasteiger partial charge >= 0.3 is 0 Å². The minimum absolute atomic E-state index is 0.0566. The second kappa shape index (κ2) is 8.77. The first-order valence-electron chi connectivity index (χ1n) is 10.7. The van der Waals surface area contributed by atoms with E-state index in [1.54, 1.807) is 6.07 Å². The molecule has 0 saturated heterocycles. The molecule has 0 bridgehead atoms. The molecule has 4 rings (SSSR count). The minimum atomic E-state index is -1.49. The summed E-state index contributed by atoms with van der Waals surface area (Å²) in [6.07, 6.45) is 3.62. The number of carbonyl (C=O) groups is 1. The molecule has 1 heterocycles. The number of hydroxylamine groups is 1. The van der Waals surface area contributed by atoms with E-state index in [0.29, 0.717) is 23.7 Å². The fourth-order valence-electron chi connectivity index (χ4n) is 3.18. The normalized spacial score (nSPS) is 13.5. The minimum Gasteiger partial charge on any atom is -0.352 e. The van der Waals surface area contributed by atoms with E-state index in [1.807, 2.05) is 25.1 Å². The summed E-state index contributed by atoms with van der Waals surface area (Å²) >= 11 is 0. The molecule has 6 nitrogen and oxygen atoms in total. The van der Waals surface area contributed by atoms with Crippen LogP contribution in [0.15, 0.2) is 30.6 Å². The zero-order chi connectivity index (χ0) is 22.9. The molecular weight excluding hydrogens is 423 g/mol. The predicted molar refractivity (Wildman–Crippen MR) is 127 cm³/mol. The van der Waals surface area contributed by atoms with E-state index in [1.165, 1.54) is 6.33 Å². The summed E-state index contributed by atoms with van der Waals surface area (Å²) in [4.78, 5) is 25.0. The summed E-state index contributed by atoms with van der Waals surface area (Å²) < 4.78 is 15.3. The van der Waals surface area contributed by atoms with Crippen molar-refractivity contribution < 1.29 is 14.0 Å². The summed E-state index contributed by atoms with van der Waals surface area (Å²) in [6.45, 7) is 8.96. The topological polar surface area (TPSA) is 79.0 Å². The van der Waals surface area contributed by atoms with Crippen LogP contribution in [0.2, 0.25) is 19.6 Å². The van der Waals surface area contributed by atoms with E-state index >= 15 is 4.39 Å². The maximum absolute atomic E-state index is 15.3. The van der Waals surface area contributed by atoms with Crippen LogP contribution in [0.4, 0.5) is 15.8 Å². The van der Waals surface area contributed by atoms with Crippen LogP contribution in [0.3, 0.4) is 0 Å². The number of carbonyl (C=O) groups excluding carboxylic acids is 1. The number of benzene rings is 2. The number of nitrogens with zero attached hydrogens (tertiary/aromatic N) is 1. The van der Waals surface area contributed by atoms with Gasteiger partial charge in [-0.25, -0.2) is 14.9 Å². The molecule has 166 valence electrons. The molecule has 1 amide bonds. The number of aryl methyl sites for hydroxylation is 1. The van der Waals surface area contributed by atoms with Crippen molar-refractivity contribution in [1.82, 2.24) is 15.4 Å². The molecule has 3 aromatic rings. The second-order valence-electron chi connectivity index (χ2n) is 9.25. The molecule has 2 aromatic carbocycles. The first-order chi connectivity index (χ1) is 15.2. The molecule has 1 aromatic heterocycles. The van der Waals surface area contributed by atoms with Gasteiger partial charge < -0.3 is 10.3 Å². The number of hydrogen-bond donors (Lipinski definition) is 3. The van der Waals surface area contributed by atoms with Crippen LogP contribution in [-0.2, 0) is 4.84 Å². The second-order valence-corrected chi connectivity index (χ2v) is 14.0. The lowest BCUT2D eigenvalue weighted by Gasteiger charge is -2.15. The molecule has 1 saturated carbocycles. The van der Waals surface area contributed by atoms with Crippen molar-refractivity contribution >= 4 is 36.4 Å². The van der Waals surface area contributed by atoms with Gasteiger partial charge in [-0.2, -0.15) is 0 Å². The highest BCUT2D eigenvalue weighted by molar-refractivity contribution is 6.83. The van der Waals surface area contributed by atoms with E-state index in [9.17, 15) is 4.79 Å². The molecule has 0 atom stereocenters. The van der Waals surface area contributed by atoms with E-state index in [4.69, 9.17) is 4.84 Å². The third-order valence-electron chi connectivity index (χ3n) is 5.15. The van der Waals surface area contributed by atoms with Gasteiger partial charge in [0.2, 0.25) is 0 Å². The molecule has 0 radical (unpaired) electrons. The van der Waals surface area contributed by atoms with Gasteiger partial charge in [0.05, 0.1) is 29.7 Å². The number of rotatable bonds is 6. The largest absolute Gasteiger partial charge is 0.352 e. The Bertz CT molecular complexity index is 1230. The molecule has 1 fully saturated rings. The first-order valence-corrected chi connectivity index (χ1v) is 14.2. The fraction of sp³-hybridized carbons (Fsp3) is 0.333. The van der Waals surface area contributed by atoms with Crippen molar-refractivity contribution in [3.05, 3.63) is 53.1 Å². The number of aromatic nitrogens is 2. The van der Waals surface area contributed by atoms with Crippen molar-refractivity contribution in [1.29, 1.82) is 0 Å². The molecule has 8 heteroatoms. The Morgan fingerprint density at radius 2 is 2.09 bits per heavy atom. The van der Waals surface area contributed by atoms with E-state index in [-0.39, 0.29) is 16.8 Å². The quantitative estimate of drug-likeness (QED) is 0.279. The Balaban J connectivity index is 1.64. The summed E-state index contributed by atoms with van der Waals surface area (Å²) in [7, 11) is -1.49. The molecule has 1 aliphatic rings. The standard InChI is InChI=1S/C24H27FN4O2Si/c1-15-11-16(9-10-32(2,3)4)7-8-19(15)28-22-18(24(30)29-31-13-17-5-6-17)12-20-23(21(22)25)27-14-26-20/h7-8,11-12,14,17,28H,5-6,13H2,1-4H3,(H,26,27)(H,29,30). The van der Waals surface area contributed by atoms with E-state index in [2.05, 4.69) is 51.9 Å². The first kappa shape index (κ1) is 22.1. The van der Waals surface area contributed by atoms with Gasteiger partial charge in [0, 0.05) is 11.3 Å². The summed E-state index contributed by atoms with van der Waals surface area (Å²) in [6, 6.07) is 7.28. The van der Waals surface area contributed by atoms with Gasteiger partial charge in [-0.05, 0) is 55.5 Å². The van der Waals surface area contributed by atoms with Gasteiger partial charge in [0.25, 0.3) is 5.91 Å². The van der Waals surface area contributed by atoms with Gasteiger partial charge in [-0.3, -0.25) is 9.63 Å². The summed E-state index contributed by atoms with van der Waals surface area (Å²) in [5.74, 6) is 2.61. The van der Waals surface area contributed by atoms with Crippen LogP contribution in [0.5, 0.6) is 0 Å². The van der Waals surface area contributed by atoms with Crippen LogP contribution >= 0.6 is 0 Å². The van der Waals surface area contributed by atoms with Crippen molar-refractivity contribution in [3.8, 4) is 11.5 Å². The Morgan fingerprint density at radius 1 is 1.31 bits per heavy atom. The number of hydrogen-bond acceptors (Lipinski definition) is 4. The third kappa shape index (κ3) is 5.18. The zero-order valence-electron chi connectivity index (χ0n) is 18.7. The molecule has 1 aliphatic carbocycles. The smallest absolute Gasteiger partial charge is 0.277 e. The number of halogens is 1. The maximum atomic E-state index is 15.3. The highest BCUT2D eigenvalue weighted by atomic mass is 28.3. The fourth-order valence-corrected chi connectivity index (χ4v) is 3.70. The van der Waals surface area contributed by atoms with Crippen LogP contribution in [0.25, 0.3) is 11.0 Å². The van der Waals surface area contributed by atoms with Crippen LogP contribution in [0, 0.1) is 30.1 Å². The van der Waals surface area contributed by atoms with Gasteiger partial charge in [0.1, 0.15) is 13.6 Å². The number of nitrogens with one attached hydrogen (secondary N) is 3. The highest BCUT2D eigenvalue weighted by Gasteiger charge is 2.24. The predicted octanol–water partition coefficient (Wildman–Crippen LogP) is 5.05. The average Bonchev–Trinajstić information content (AvgIpc) is 3.43. The SMILES string of the molecule is Cc1cc(C#C[Si](C)(C)C)ccc1Nc1c(C(=O)NOCC2CC2)cc2[nH]cnc2c1F. The number of amides is 1. The van der Waals surface area contributed by atoms with Gasteiger partial charge in [-0.15, -0.1) is 5.54 Å². The average molecular weight is 451 g/mol. The lowest BCUT2D eigenvalue weighted by Crippen LogP contribution is -2.26. The maximum Gasteiger partial charge on any atom is 0.277 e. The summed E-state index contributed by atoms with van der Waals surface area (Å²) in [5, 5.41) is 3.10. The number of H-pyrrole nitrogens is 1. The molecule has 0 unspecified atom stereocenters. The molecule has 0 spiro atoms. The van der Waals surface area contributed by atoms with E-state index in [0.717, 1.165) is 24.0 Å². The number of anilines is 2. The molecule has 32 heavy (non-hydrogen) atoms. The lowest BCUT2D eigenvalue weighted by atomic mass is 10.1. The number of aromatic amines is 1. The third-order valence-corrected chi connectivity index (χ3v) is 6.02. The van der Waals surface area contributed by atoms with Gasteiger partial charge in [-0.1, -0.05) is 25.6 Å². The summed E-state index contributed by atoms with van der Waals surface area (Å²) in [5.41, 5.74) is 9.07. The van der Waals surface area contributed by atoms with Crippen molar-refractivity contribution in [2.45, 2.75) is 39.4 Å². The lowest BCUT2D eigenvalue weighted by molar-refractivity contribution is 0.0271. The van der Waals surface area contributed by atoms with Crippen LogP contribution < -0.4 is 10.8 Å².